The van der Waals surface area contributed by atoms with Crippen molar-refractivity contribution in [3.8, 4) is 6.07 Å². The van der Waals surface area contributed by atoms with Crippen LogP contribution in [0.3, 0.4) is 0 Å². The third kappa shape index (κ3) is 8.73. The SMILES string of the molecule is CCC(C#N)C(=O)N[C@@H]1CCCC[C@H]1NC(=O)C[C@@H](CNC(C)=O)CC(C)C. The van der Waals surface area contributed by atoms with Crippen molar-refractivity contribution in [2.75, 3.05) is 6.54 Å². The maximum absolute atomic E-state index is 12.6. The fourth-order valence-corrected chi connectivity index (χ4v) is 3.82. The van der Waals surface area contributed by atoms with Crippen LogP contribution in [0.5, 0.6) is 0 Å². The van der Waals surface area contributed by atoms with Gasteiger partial charge < -0.3 is 16.0 Å². The Morgan fingerprint density at radius 1 is 1.11 bits per heavy atom. The summed E-state index contributed by atoms with van der Waals surface area (Å²) in [6.45, 7) is 7.99. The van der Waals surface area contributed by atoms with E-state index in [0.29, 0.717) is 25.3 Å². The molecule has 1 rings (SSSR count). The molecule has 0 saturated heterocycles. The molecule has 1 saturated carbocycles. The van der Waals surface area contributed by atoms with Gasteiger partial charge >= 0.3 is 0 Å². The summed E-state index contributed by atoms with van der Waals surface area (Å²) in [7, 11) is 0. The van der Waals surface area contributed by atoms with Crippen LogP contribution in [0.15, 0.2) is 0 Å². The van der Waals surface area contributed by atoms with Gasteiger partial charge in [-0.2, -0.15) is 5.26 Å². The first kappa shape index (κ1) is 23.9. The van der Waals surface area contributed by atoms with Gasteiger partial charge in [-0.15, -0.1) is 0 Å². The Morgan fingerprint density at radius 3 is 2.21 bits per heavy atom. The van der Waals surface area contributed by atoms with Crippen LogP contribution >= 0.6 is 0 Å². The standard InChI is InChI=1S/C21H36N4O3/c1-5-17(12-22)21(28)25-19-9-7-6-8-18(19)24-20(27)11-16(10-14(2)3)13-23-15(4)26/h14,16-19H,5-11,13H2,1-4H3,(H,23,26)(H,24,27)(H,25,28)/t16-,17?,18+,19+/m0/s1. The highest BCUT2D eigenvalue weighted by Gasteiger charge is 2.30. The highest BCUT2D eigenvalue weighted by molar-refractivity contribution is 5.81. The second-order valence-electron chi connectivity index (χ2n) is 8.30. The molecule has 3 amide bonds. The second kappa shape index (κ2) is 12.4. The second-order valence-corrected chi connectivity index (χ2v) is 8.30. The van der Waals surface area contributed by atoms with Crippen LogP contribution in [0.1, 0.15) is 72.6 Å². The van der Waals surface area contributed by atoms with Crippen LogP contribution in [0.4, 0.5) is 0 Å². The number of amides is 3. The van der Waals surface area contributed by atoms with Gasteiger partial charge in [0.1, 0.15) is 5.92 Å². The average molecular weight is 393 g/mol. The summed E-state index contributed by atoms with van der Waals surface area (Å²) in [5.74, 6) is -0.513. The van der Waals surface area contributed by atoms with Gasteiger partial charge in [0.05, 0.1) is 6.07 Å². The van der Waals surface area contributed by atoms with Gasteiger partial charge in [0, 0.05) is 32.0 Å². The van der Waals surface area contributed by atoms with E-state index in [1.54, 1.807) is 0 Å². The Kier molecular flexibility index (Phi) is 10.6. The molecule has 7 heteroatoms. The molecule has 0 heterocycles. The molecule has 158 valence electrons. The fraction of sp³-hybridized carbons (Fsp3) is 0.810. The number of nitrogens with zero attached hydrogens (tertiary/aromatic N) is 1. The minimum atomic E-state index is -0.647. The lowest BCUT2D eigenvalue weighted by atomic mass is 9.88. The molecule has 1 unspecified atom stereocenters. The summed E-state index contributed by atoms with van der Waals surface area (Å²) in [5.41, 5.74) is 0. The number of carbonyl (C=O) groups is 3. The first-order chi connectivity index (χ1) is 13.3. The zero-order valence-corrected chi connectivity index (χ0v) is 17.7. The molecule has 0 aromatic carbocycles. The summed E-state index contributed by atoms with van der Waals surface area (Å²) >= 11 is 0. The molecule has 1 aliphatic carbocycles. The van der Waals surface area contributed by atoms with Crippen LogP contribution in [-0.4, -0.2) is 36.3 Å². The van der Waals surface area contributed by atoms with Crippen LogP contribution < -0.4 is 16.0 Å². The number of carbonyl (C=O) groups excluding carboxylic acids is 3. The molecule has 0 aliphatic heterocycles. The van der Waals surface area contributed by atoms with Gasteiger partial charge in [-0.05, 0) is 37.5 Å². The zero-order valence-electron chi connectivity index (χ0n) is 17.7. The molecule has 3 N–H and O–H groups in total. The lowest BCUT2D eigenvalue weighted by molar-refractivity contribution is -0.126. The maximum Gasteiger partial charge on any atom is 0.237 e. The number of hydrogen-bond donors (Lipinski definition) is 3. The Balaban J connectivity index is 2.65. The quantitative estimate of drug-likeness (QED) is 0.529. The van der Waals surface area contributed by atoms with E-state index >= 15 is 0 Å². The van der Waals surface area contributed by atoms with Crippen LogP contribution in [0, 0.1) is 29.1 Å². The Labute approximate surface area is 169 Å². The summed E-state index contributed by atoms with van der Waals surface area (Å²) in [6, 6.07) is 1.79. The van der Waals surface area contributed by atoms with E-state index in [2.05, 4.69) is 29.8 Å². The predicted molar refractivity (Wildman–Crippen MR) is 108 cm³/mol. The Morgan fingerprint density at radius 2 is 1.71 bits per heavy atom. The third-order valence-corrected chi connectivity index (χ3v) is 5.24. The van der Waals surface area contributed by atoms with Crippen molar-refractivity contribution in [2.45, 2.75) is 84.7 Å². The molecule has 0 radical (unpaired) electrons. The van der Waals surface area contributed by atoms with Crippen molar-refractivity contribution in [2.24, 2.45) is 17.8 Å². The van der Waals surface area contributed by atoms with E-state index < -0.39 is 5.92 Å². The van der Waals surface area contributed by atoms with E-state index in [1.165, 1.54) is 6.92 Å². The van der Waals surface area contributed by atoms with Gasteiger partial charge in [-0.1, -0.05) is 33.6 Å². The topological polar surface area (TPSA) is 111 Å². The van der Waals surface area contributed by atoms with Crippen LogP contribution in [0.25, 0.3) is 0 Å². The molecule has 0 aromatic rings. The molecule has 7 nitrogen and oxygen atoms in total. The number of nitriles is 1. The van der Waals surface area contributed by atoms with E-state index in [0.717, 1.165) is 32.1 Å². The van der Waals surface area contributed by atoms with Crippen LogP contribution in [0.2, 0.25) is 0 Å². The van der Waals surface area contributed by atoms with Gasteiger partial charge in [0.25, 0.3) is 0 Å². The maximum atomic E-state index is 12.6. The van der Waals surface area contributed by atoms with Crippen molar-refractivity contribution < 1.29 is 14.4 Å². The molecule has 1 fully saturated rings. The fourth-order valence-electron chi connectivity index (χ4n) is 3.82. The lowest BCUT2D eigenvalue weighted by Gasteiger charge is -2.33. The monoisotopic (exact) mass is 392 g/mol. The van der Waals surface area contributed by atoms with Crippen molar-refractivity contribution in [3.63, 3.8) is 0 Å². The molecular weight excluding hydrogens is 356 g/mol. The summed E-state index contributed by atoms with van der Waals surface area (Å²) in [4.78, 5) is 36.1. The first-order valence-electron chi connectivity index (χ1n) is 10.5. The van der Waals surface area contributed by atoms with Gasteiger partial charge in [-0.3, -0.25) is 14.4 Å². The highest BCUT2D eigenvalue weighted by Crippen LogP contribution is 2.21. The summed E-state index contributed by atoms with van der Waals surface area (Å²) in [6.07, 6.45) is 5.32. The largest absolute Gasteiger partial charge is 0.356 e. The third-order valence-electron chi connectivity index (χ3n) is 5.24. The van der Waals surface area contributed by atoms with Gasteiger partial charge in [-0.25, -0.2) is 0 Å². The van der Waals surface area contributed by atoms with E-state index in [1.807, 2.05) is 13.0 Å². The summed E-state index contributed by atoms with van der Waals surface area (Å²) in [5, 5.41) is 18.0. The number of nitrogens with one attached hydrogen (secondary N) is 3. The molecular formula is C21H36N4O3. The summed E-state index contributed by atoms with van der Waals surface area (Å²) < 4.78 is 0. The minimum Gasteiger partial charge on any atom is -0.356 e. The van der Waals surface area contributed by atoms with Crippen molar-refractivity contribution in [1.82, 2.24) is 16.0 Å². The normalized spacial score (nSPS) is 21.3. The molecule has 4 atom stereocenters. The van der Waals surface area contributed by atoms with Crippen molar-refractivity contribution in [1.29, 1.82) is 5.26 Å². The van der Waals surface area contributed by atoms with Crippen molar-refractivity contribution >= 4 is 17.7 Å². The predicted octanol–water partition coefficient (Wildman–Crippen LogP) is 2.27. The number of hydrogen-bond acceptors (Lipinski definition) is 4. The van der Waals surface area contributed by atoms with Crippen LogP contribution in [-0.2, 0) is 14.4 Å². The smallest absolute Gasteiger partial charge is 0.237 e. The van der Waals surface area contributed by atoms with E-state index in [4.69, 9.17) is 5.26 Å². The minimum absolute atomic E-state index is 0.0468. The zero-order chi connectivity index (χ0) is 21.1. The number of rotatable bonds is 10. The average Bonchev–Trinajstić information content (AvgIpc) is 2.62. The Hall–Kier alpha value is -2.10. The molecule has 1 aliphatic rings. The first-order valence-corrected chi connectivity index (χ1v) is 10.5. The molecule has 0 aromatic heterocycles. The lowest BCUT2D eigenvalue weighted by Crippen LogP contribution is -2.54. The molecule has 28 heavy (non-hydrogen) atoms. The van der Waals surface area contributed by atoms with Crippen molar-refractivity contribution in [3.05, 3.63) is 0 Å². The molecule has 0 spiro atoms. The van der Waals surface area contributed by atoms with Gasteiger partial charge in [0.15, 0.2) is 0 Å². The van der Waals surface area contributed by atoms with Gasteiger partial charge in [0.2, 0.25) is 17.7 Å². The highest BCUT2D eigenvalue weighted by atomic mass is 16.2. The molecule has 0 bridgehead atoms. The van der Waals surface area contributed by atoms with E-state index in [-0.39, 0.29) is 35.7 Å². The Bertz CT molecular complexity index is 570. The van der Waals surface area contributed by atoms with E-state index in [9.17, 15) is 14.4 Å².